The lowest BCUT2D eigenvalue weighted by molar-refractivity contribution is -0.147. The van der Waals surface area contributed by atoms with Gasteiger partial charge >= 0.3 is 5.97 Å². The third kappa shape index (κ3) is 5.09. The van der Waals surface area contributed by atoms with Crippen LogP contribution in [-0.4, -0.2) is 55.3 Å². The van der Waals surface area contributed by atoms with Gasteiger partial charge in [-0.3, -0.25) is 9.59 Å². The minimum Gasteiger partial charge on any atom is -0.486 e. The average Bonchev–Trinajstić information content (AvgIpc) is 2.72. The highest BCUT2D eigenvalue weighted by molar-refractivity contribution is 5.82. The number of esters is 1. The second-order valence-corrected chi connectivity index (χ2v) is 6.26. The highest BCUT2D eigenvalue weighted by Crippen LogP contribution is 2.32. The molecule has 0 aliphatic carbocycles. The van der Waals surface area contributed by atoms with E-state index in [1.54, 1.807) is 25.5 Å². The number of nitrogens with zero attached hydrogens (tertiary/aromatic N) is 3. The summed E-state index contributed by atoms with van der Waals surface area (Å²) in [6, 6.07) is 6.92. The van der Waals surface area contributed by atoms with Crippen LogP contribution in [-0.2, 0) is 14.3 Å². The van der Waals surface area contributed by atoms with E-state index in [2.05, 4.69) is 15.3 Å². The number of fused-ring (bicyclic) bond motifs is 1. The van der Waals surface area contributed by atoms with Gasteiger partial charge in [-0.1, -0.05) is 6.07 Å². The van der Waals surface area contributed by atoms with Gasteiger partial charge < -0.3 is 24.4 Å². The van der Waals surface area contributed by atoms with E-state index < -0.39 is 11.9 Å². The second-order valence-electron chi connectivity index (χ2n) is 6.26. The summed E-state index contributed by atoms with van der Waals surface area (Å²) in [4.78, 5) is 33.6. The number of likely N-dealkylation sites (N-methyl/N-ethyl adjacent to an activating group) is 1. The summed E-state index contributed by atoms with van der Waals surface area (Å²) >= 11 is 0. The molecule has 148 valence electrons. The zero-order chi connectivity index (χ0) is 19.9. The van der Waals surface area contributed by atoms with E-state index in [-0.39, 0.29) is 19.2 Å². The fourth-order valence-corrected chi connectivity index (χ4v) is 2.64. The van der Waals surface area contributed by atoms with Gasteiger partial charge in [0.1, 0.15) is 19.8 Å². The number of anilines is 1. The van der Waals surface area contributed by atoms with Crippen LogP contribution < -0.4 is 19.7 Å². The fraction of sp³-hybridized carbons (Fsp3) is 0.368. The highest BCUT2D eigenvalue weighted by Gasteiger charge is 2.17. The maximum absolute atomic E-state index is 12.1. The smallest absolute Gasteiger partial charge is 0.326 e. The van der Waals surface area contributed by atoms with Crippen LogP contribution in [0.25, 0.3) is 0 Å². The molecule has 28 heavy (non-hydrogen) atoms. The molecular formula is C19H22N4O5. The number of ether oxygens (including phenoxy) is 3. The van der Waals surface area contributed by atoms with Crippen molar-refractivity contribution in [1.82, 2.24) is 15.3 Å². The Kier molecular flexibility index (Phi) is 6.25. The molecule has 0 saturated carbocycles. The van der Waals surface area contributed by atoms with E-state index in [0.717, 1.165) is 5.56 Å². The van der Waals surface area contributed by atoms with E-state index in [1.165, 1.54) is 4.90 Å². The SMILES string of the molecule is C[C@@H](NC(=O)COC(=O)CN(C)c1ncccn1)c1ccc2c(c1)OCCO2. The minimum atomic E-state index is -0.544. The highest BCUT2D eigenvalue weighted by atomic mass is 16.6. The molecule has 2 aromatic rings. The molecule has 2 heterocycles. The molecule has 1 N–H and O–H groups in total. The number of benzene rings is 1. The molecule has 3 rings (SSSR count). The van der Waals surface area contributed by atoms with Crippen molar-refractivity contribution in [2.24, 2.45) is 0 Å². The van der Waals surface area contributed by atoms with Crippen LogP contribution >= 0.6 is 0 Å². The topological polar surface area (TPSA) is 103 Å². The van der Waals surface area contributed by atoms with Gasteiger partial charge in [0.2, 0.25) is 5.95 Å². The monoisotopic (exact) mass is 386 g/mol. The van der Waals surface area contributed by atoms with Crippen LogP contribution in [0, 0.1) is 0 Å². The van der Waals surface area contributed by atoms with Gasteiger partial charge in [0, 0.05) is 19.4 Å². The summed E-state index contributed by atoms with van der Waals surface area (Å²) < 4.78 is 16.1. The lowest BCUT2D eigenvalue weighted by atomic mass is 10.1. The van der Waals surface area contributed by atoms with Crippen molar-refractivity contribution in [3.63, 3.8) is 0 Å². The van der Waals surface area contributed by atoms with Crippen LogP contribution in [0.2, 0.25) is 0 Å². The molecule has 0 radical (unpaired) electrons. The standard InChI is InChI=1S/C19H22N4O5/c1-13(14-4-5-15-16(10-14)27-9-8-26-15)22-17(24)12-28-18(25)11-23(2)19-20-6-3-7-21-19/h3-7,10,13H,8-9,11-12H2,1-2H3,(H,22,24)/t13-/m1/s1. The van der Waals surface area contributed by atoms with Crippen LogP contribution in [0.15, 0.2) is 36.7 Å². The Labute approximate surface area is 162 Å². The van der Waals surface area contributed by atoms with E-state index in [9.17, 15) is 9.59 Å². The van der Waals surface area contributed by atoms with E-state index in [1.807, 2.05) is 25.1 Å². The number of hydrogen-bond acceptors (Lipinski definition) is 8. The zero-order valence-electron chi connectivity index (χ0n) is 15.8. The third-order valence-electron chi connectivity index (χ3n) is 4.07. The minimum absolute atomic E-state index is 0.0605. The van der Waals surface area contributed by atoms with Crippen molar-refractivity contribution in [3.05, 3.63) is 42.2 Å². The van der Waals surface area contributed by atoms with Gasteiger partial charge in [-0.05, 0) is 30.7 Å². The Hall–Kier alpha value is -3.36. The number of aromatic nitrogens is 2. The lowest BCUT2D eigenvalue weighted by Crippen LogP contribution is -2.34. The predicted molar refractivity (Wildman–Crippen MR) is 100 cm³/mol. The summed E-state index contributed by atoms with van der Waals surface area (Å²) in [6.45, 7) is 2.43. The molecule has 0 spiro atoms. The van der Waals surface area contributed by atoms with E-state index in [0.29, 0.717) is 30.7 Å². The maximum atomic E-state index is 12.1. The van der Waals surface area contributed by atoms with Gasteiger partial charge in [0.25, 0.3) is 5.91 Å². The van der Waals surface area contributed by atoms with Crippen LogP contribution in [0.5, 0.6) is 11.5 Å². The number of rotatable bonds is 7. The molecule has 9 heteroatoms. The molecule has 0 saturated heterocycles. The summed E-state index contributed by atoms with van der Waals surface area (Å²) in [5, 5.41) is 2.79. The largest absolute Gasteiger partial charge is 0.486 e. The Morgan fingerprint density at radius 1 is 1.21 bits per heavy atom. The first-order valence-corrected chi connectivity index (χ1v) is 8.85. The first kappa shape index (κ1) is 19.4. The quantitative estimate of drug-likeness (QED) is 0.706. The molecule has 1 atom stereocenters. The zero-order valence-corrected chi connectivity index (χ0v) is 15.8. The van der Waals surface area contributed by atoms with Gasteiger partial charge in [-0.15, -0.1) is 0 Å². The maximum Gasteiger partial charge on any atom is 0.326 e. The fourth-order valence-electron chi connectivity index (χ4n) is 2.64. The molecule has 0 unspecified atom stereocenters. The van der Waals surface area contributed by atoms with Gasteiger partial charge in [-0.2, -0.15) is 0 Å². The molecule has 1 aromatic carbocycles. The van der Waals surface area contributed by atoms with Crippen molar-refractivity contribution in [3.8, 4) is 11.5 Å². The number of hydrogen-bond donors (Lipinski definition) is 1. The van der Waals surface area contributed by atoms with Crippen molar-refractivity contribution >= 4 is 17.8 Å². The molecule has 1 aliphatic heterocycles. The van der Waals surface area contributed by atoms with Gasteiger partial charge in [0.15, 0.2) is 18.1 Å². The number of nitrogens with one attached hydrogen (secondary N) is 1. The summed E-state index contributed by atoms with van der Waals surface area (Å²) in [7, 11) is 1.67. The summed E-state index contributed by atoms with van der Waals surface area (Å²) in [5.41, 5.74) is 0.866. The second kappa shape index (κ2) is 9.03. The van der Waals surface area contributed by atoms with Crippen molar-refractivity contribution in [2.75, 3.05) is 38.3 Å². The molecule has 1 amide bonds. The Bertz CT molecular complexity index is 830. The predicted octanol–water partition coefficient (Wildman–Crippen LogP) is 1.10. The lowest BCUT2D eigenvalue weighted by Gasteiger charge is -2.21. The summed E-state index contributed by atoms with van der Waals surface area (Å²) in [5.74, 6) is 0.805. The molecule has 0 fully saturated rings. The third-order valence-corrected chi connectivity index (χ3v) is 4.07. The number of carbonyl (C=O) groups excluding carboxylic acids is 2. The van der Waals surface area contributed by atoms with Gasteiger partial charge in [0.05, 0.1) is 6.04 Å². The normalized spacial score (nSPS) is 13.4. The molecule has 0 bridgehead atoms. The number of carbonyl (C=O) groups is 2. The van der Waals surface area contributed by atoms with Crippen LogP contribution in [0.1, 0.15) is 18.5 Å². The number of amides is 1. The van der Waals surface area contributed by atoms with Crippen molar-refractivity contribution < 1.29 is 23.8 Å². The average molecular weight is 386 g/mol. The first-order valence-electron chi connectivity index (χ1n) is 8.85. The van der Waals surface area contributed by atoms with Crippen LogP contribution in [0.4, 0.5) is 5.95 Å². The van der Waals surface area contributed by atoms with Crippen molar-refractivity contribution in [1.29, 1.82) is 0 Å². The Morgan fingerprint density at radius 2 is 1.93 bits per heavy atom. The van der Waals surface area contributed by atoms with Crippen LogP contribution in [0.3, 0.4) is 0 Å². The molecular weight excluding hydrogens is 364 g/mol. The molecule has 1 aromatic heterocycles. The van der Waals surface area contributed by atoms with Gasteiger partial charge in [-0.25, -0.2) is 9.97 Å². The van der Waals surface area contributed by atoms with E-state index >= 15 is 0 Å². The van der Waals surface area contributed by atoms with E-state index in [4.69, 9.17) is 14.2 Å². The Morgan fingerprint density at radius 3 is 2.68 bits per heavy atom. The summed E-state index contributed by atoms with van der Waals surface area (Å²) in [6.07, 6.45) is 3.16. The first-order chi connectivity index (χ1) is 13.5. The molecule has 1 aliphatic rings. The Balaban J connectivity index is 1.45. The van der Waals surface area contributed by atoms with Crippen molar-refractivity contribution in [2.45, 2.75) is 13.0 Å². The molecule has 9 nitrogen and oxygen atoms in total.